The van der Waals surface area contributed by atoms with Crippen molar-refractivity contribution in [3.05, 3.63) is 0 Å². The van der Waals surface area contributed by atoms with Crippen LogP contribution in [0.25, 0.3) is 0 Å². The van der Waals surface area contributed by atoms with Crippen molar-refractivity contribution in [2.75, 3.05) is 26.1 Å². The molecule has 0 fully saturated rings. The number of hydrogen-bond acceptors (Lipinski definition) is 6. The Morgan fingerprint density at radius 2 is 2.00 bits per heavy atom. The topological polar surface area (TPSA) is 119 Å². The van der Waals surface area contributed by atoms with Crippen LogP contribution in [0.1, 0.15) is 6.92 Å². The molecule has 0 rings (SSSR count). The molecule has 9 heteroatoms. The van der Waals surface area contributed by atoms with Gasteiger partial charge in [-0.25, -0.2) is 8.42 Å². The van der Waals surface area contributed by atoms with Crippen LogP contribution < -0.4 is 4.72 Å². The minimum atomic E-state index is -4.05. The van der Waals surface area contributed by atoms with Crippen LogP contribution in [0.4, 0.5) is 0 Å². The van der Waals surface area contributed by atoms with E-state index in [0.29, 0.717) is 0 Å². The van der Waals surface area contributed by atoms with E-state index in [1.165, 1.54) is 14.0 Å². The zero-order chi connectivity index (χ0) is 13.5. The second-order valence-corrected chi connectivity index (χ2v) is 4.78. The normalized spacial score (nSPS) is 13.1. The van der Waals surface area contributed by atoms with Crippen LogP contribution in [0.2, 0.25) is 0 Å². The fourth-order valence-corrected chi connectivity index (χ4v) is 2.02. The third kappa shape index (κ3) is 6.87. The van der Waals surface area contributed by atoms with Gasteiger partial charge in [-0.3, -0.25) is 9.59 Å². The molecule has 8 nitrogen and oxygen atoms in total. The van der Waals surface area contributed by atoms with Crippen LogP contribution >= 0.6 is 0 Å². The lowest BCUT2D eigenvalue weighted by atomic mass is 10.3. The number of rotatable bonds is 8. The van der Waals surface area contributed by atoms with E-state index in [1.807, 2.05) is 4.72 Å². The number of carboxylic acid groups (broad SMARTS) is 1. The number of carbonyl (C=O) groups is 2. The lowest BCUT2D eigenvalue weighted by molar-refractivity contribution is -0.141. The summed E-state index contributed by atoms with van der Waals surface area (Å²) in [4.78, 5) is 21.6. The molecule has 0 aliphatic carbocycles. The third-order valence-corrected chi connectivity index (χ3v) is 2.83. The molecule has 0 saturated carbocycles. The van der Waals surface area contributed by atoms with Crippen molar-refractivity contribution in [2.24, 2.45) is 0 Å². The maximum atomic E-state index is 11.4. The molecule has 100 valence electrons. The first-order valence-electron chi connectivity index (χ1n) is 4.69. The van der Waals surface area contributed by atoms with Crippen LogP contribution in [-0.2, 0) is 29.1 Å². The van der Waals surface area contributed by atoms with Gasteiger partial charge in [0, 0.05) is 7.11 Å². The molecule has 0 amide bonds. The number of carbonyl (C=O) groups excluding carboxylic acids is 1. The number of carboxylic acids is 1. The van der Waals surface area contributed by atoms with Gasteiger partial charge in [0.05, 0.1) is 13.2 Å². The molecule has 1 atom stereocenters. The molecule has 0 spiro atoms. The molecular formula is C8H15NO7S. The first-order chi connectivity index (χ1) is 7.82. The van der Waals surface area contributed by atoms with Crippen molar-refractivity contribution in [2.45, 2.75) is 13.0 Å². The van der Waals surface area contributed by atoms with Gasteiger partial charge >= 0.3 is 11.9 Å². The van der Waals surface area contributed by atoms with E-state index in [4.69, 9.17) is 5.11 Å². The maximum absolute atomic E-state index is 11.4. The van der Waals surface area contributed by atoms with Gasteiger partial charge in [-0.1, -0.05) is 0 Å². The quantitative estimate of drug-likeness (QED) is 0.518. The lowest BCUT2D eigenvalue weighted by Gasteiger charge is -2.13. The Morgan fingerprint density at radius 1 is 1.41 bits per heavy atom. The van der Waals surface area contributed by atoms with Gasteiger partial charge in [0.1, 0.15) is 6.04 Å². The van der Waals surface area contributed by atoms with Crippen molar-refractivity contribution in [3.63, 3.8) is 0 Å². The number of nitrogens with one attached hydrogen (secondary N) is 1. The fraction of sp³-hybridized carbons (Fsp3) is 0.750. The van der Waals surface area contributed by atoms with Gasteiger partial charge in [-0.15, -0.1) is 0 Å². The summed E-state index contributed by atoms with van der Waals surface area (Å²) in [7, 11) is -2.82. The highest BCUT2D eigenvalue weighted by Gasteiger charge is 2.26. The number of hydrogen-bond donors (Lipinski definition) is 2. The second-order valence-electron chi connectivity index (χ2n) is 3.03. The molecule has 0 aromatic heterocycles. The van der Waals surface area contributed by atoms with Crippen LogP contribution in [0.3, 0.4) is 0 Å². The summed E-state index contributed by atoms with van der Waals surface area (Å²) in [6, 6.07) is -1.43. The van der Waals surface area contributed by atoms with Gasteiger partial charge in [0.2, 0.25) is 10.0 Å². The summed E-state index contributed by atoms with van der Waals surface area (Å²) >= 11 is 0. The molecule has 0 aliphatic heterocycles. The minimum absolute atomic E-state index is 0.0504. The largest absolute Gasteiger partial charge is 0.480 e. The summed E-state index contributed by atoms with van der Waals surface area (Å²) in [6.07, 6.45) is 0. The zero-order valence-corrected chi connectivity index (χ0v) is 10.3. The molecule has 17 heavy (non-hydrogen) atoms. The highest BCUT2D eigenvalue weighted by molar-refractivity contribution is 7.90. The molecule has 0 radical (unpaired) electrons. The van der Waals surface area contributed by atoms with Crippen LogP contribution in [-0.4, -0.2) is 57.6 Å². The van der Waals surface area contributed by atoms with Gasteiger partial charge in [0.25, 0.3) is 0 Å². The highest BCUT2D eigenvalue weighted by atomic mass is 32.2. The number of ether oxygens (including phenoxy) is 2. The van der Waals surface area contributed by atoms with E-state index >= 15 is 0 Å². The monoisotopic (exact) mass is 269 g/mol. The molecule has 0 aliphatic rings. The molecule has 0 heterocycles. The van der Waals surface area contributed by atoms with Crippen LogP contribution in [0.5, 0.6) is 0 Å². The fourth-order valence-electron chi connectivity index (χ4n) is 0.939. The summed E-state index contributed by atoms with van der Waals surface area (Å²) in [5.74, 6) is -3.25. The van der Waals surface area contributed by atoms with Gasteiger partial charge in [-0.05, 0) is 6.92 Å². The predicted octanol–water partition coefficient (Wildman–Crippen LogP) is -1.43. The first-order valence-corrected chi connectivity index (χ1v) is 6.35. The average molecular weight is 269 g/mol. The van der Waals surface area contributed by atoms with E-state index in [-0.39, 0.29) is 13.2 Å². The van der Waals surface area contributed by atoms with E-state index in [0.717, 1.165) is 0 Å². The van der Waals surface area contributed by atoms with Gasteiger partial charge in [-0.2, -0.15) is 4.72 Å². The van der Waals surface area contributed by atoms with E-state index in [9.17, 15) is 18.0 Å². The van der Waals surface area contributed by atoms with Crippen molar-refractivity contribution < 1.29 is 32.6 Å². The molecule has 0 aromatic rings. The second kappa shape index (κ2) is 7.20. The summed E-state index contributed by atoms with van der Waals surface area (Å²) in [5.41, 5.74) is 0. The zero-order valence-electron chi connectivity index (χ0n) is 9.50. The molecule has 1 unspecified atom stereocenters. The molecule has 0 saturated heterocycles. The SMILES string of the molecule is CCOC(=O)CS(=O)(=O)NC(COC)C(=O)O. The van der Waals surface area contributed by atoms with Crippen LogP contribution in [0.15, 0.2) is 0 Å². The first kappa shape index (κ1) is 15.8. The Balaban J connectivity index is 4.50. The smallest absolute Gasteiger partial charge is 0.324 e. The average Bonchev–Trinajstić information content (AvgIpc) is 2.15. The van der Waals surface area contributed by atoms with Crippen molar-refractivity contribution in [1.82, 2.24) is 4.72 Å². The Hall–Kier alpha value is -1.19. The van der Waals surface area contributed by atoms with Crippen molar-refractivity contribution in [3.8, 4) is 0 Å². The molecule has 2 N–H and O–H groups in total. The summed E-state index contributed by atoms with van der Waals surface area (Å²) < 4.78 is 33.6. The maximum Gasteiger partial charge on any atom is 0.324 e. The van der Waals surface area contributed by atoms with E-state index < -0.39 is 33.8 Å². The third-order valence-electron chi connectivity index (χ3n) is 1.57. The van der Waals surface area contributed by atoms with Crippen molar-refractivity contribution in [1.29, 1.82) is 0 Å². The van der Waals surface area contributed by atoms with Gasteiger partial charge < -0.3 is 14.6 Å². The summed E-state index contributed by atoms with van der Waals surface area (Å²) in [6.45, 7) is 1.25. The minimum Gasteiger partial charge on any atom is -0.480 e. The standard InChI is InChI=1S/C8H15NO7S/c1-3-16-7(10)5-17(13,14)9-6(4-15-2)8(11)12/h6,9H,3-5H2,1-2H3,(H,11,12). The number of sulfonamides is 1. The van der Waals surface area contributed by atoms with Crippen LogP contribution in [0, 0.1) is 0 Å². The highest BCUT2D eigenvalue weighted by Crippen LogP contribution is 1.94. The molecular weight excluding hydrogens is 254 g/mol. The summed E-state index contributed by atoms with van der Waals surface area (Å²) in [5, 5.41) is 8.68. The lowest BCUT2D eigenvalue weighted by Crippen LogP contribution is -2.45. The molecule has 0 bridgehead atoms. The number of esters is 1. The number of aliphatic carboxylic acids is 1. The Bertz CT molecular complexity index is 364. The Labute approximate surface area is 98.9 Å². The van der Waals surface area contributed by atoms with Crippen molar-refractivity contribution >= 4 is 22.0 Å². The number of methoxy groups -OCH3 is 1. The van der Waals surface area contributed by atoms with E-state index in [2.05, 4.69) is 9.47 Å². The van der Waals surface area contributed by atoms with Gasteiger partial charge in [0.15, 0.2) is 5.75 Å². The Morgan fingerprint density at radius 3 is 2.41 bits per heavy atom. The molecule has 0 aromatic carbocycles. The Kier molecular flexibility index (Phi) is 6.69. The van der Waals surface area contributed by atoms with E-state index in [1.54, 1.807) is 0 Å². The predicted molar refractivity (Wildman–Crippen MR) is 56.9 cm³/mol.